The number of nitrogens with zero attached hydrogens (tertiary/aromatic N) is 2. The number of rotatable bonds is 2. The van der Waals surface area contributed by atoms with Crippen LogP contribution >= 0.6 is 0 Å². The van der Waals surface area contributed by atoms with Crippen molar-refractivity contribution in [2.45, 2.75) is 25.0 Å². The molecule has 2 amide bonds. The fraction of sp³-hybridized carbons (Fsp3) is 0.316. The van der Waals surface area contributed by atoms with Gasteiger partial charge in [-0.15, -0.1) is 0 Å². The van der Waals surface area contributed by atoms with Crippen LogP contribution in [0.2, 0.25) is 0 Å². The van der Waals surface area contributed by atoms with E-state index in [0.29, 0.717) is 12.2 Å². The van der Waals surface area contributed by atoms with Crippen LogP contribution in [-0.2, 0) is 9.59 Å². The zero-order valence-electron chi connectivity index (χ0n) is 14.1. The molecule has 1 saturated heterocycles. The molecule has 6 heteroatoms. The van der Waals surface area contributed by atoms with Crippen molar-refractivity contribution in [1.82, 2.24) is 9.88 Å². The lowest BCUT2D eigenvalue weighted by molar-refractivity contribution is -0.170. The highest BCUT2D eigenvalue weighted by Gasteiger charge is 2.54. The van der Waals surface area contributed by atoms with Crippen LogP contribution in [0.15, 0.2) is 48.7 Å². The maximum Gasteiger partial charge on any atom is 0.238 e. The number of nitrogens with one attached hydrogen (secondary N) is 1. The van der Waals surface area contributed by atoms with Gasteiger partial charge in [0.1, 0.15) is 17.5 Å². The second kappa shape index (κ2) is 5.58. The summed E-state index contributed by atoms with van der Waals surface area (Å²) in [5, 5.41) is 2.77. The Morgan fingerprint density at radius 3 is 2.80 bits per heavy atom. The summed E-state index contributed by atoms with van der Waals surface area (Å²) < 4.78 is 6.08. The van der Waals surface area contributed by atoms with Gasteiger partial charge < -0.3 is 15.0 Å². The number of para-hydroxylation sites is 1. The molecule has 6 nitrogen and oxygen atoms in total. The SMILES string of the molecule is CN1C(=O)C(C(=O)Nc2ccccn2)C2C[C@@]1(C)Oc1ccccc12. The monoisotopic (exact) mass is 337 g/mol. The highest BCUT2D eigenvalue weighted by molar-refractivity contribution is 6.07. The van der Waals surface area contributed by atoms with Crippen LogP contribution in [0, 0.1) is 5.92 Å². The highest BCUT2D eigenvalue weighted by atomic mass is 16.5. The van der Waals surface area contributed by atoms with E-state index in [-0.39, 0.29) is 17.7 Å². The normalized spacial score (nSPS) is 27.3. The van der Waals surface area contributed by atoms with Crippen molar-refractivity contribution >= 4 is 17.6 Å². The number of carbonyl (C=O) groups is 2. The number of carbonyl (C=O) groups excluding carboxylic acids is 2. The van der Waals surface area contributed by atoms with Gasteiger partial charge >= 0.3 is 0 Å². The molecule has 2 bridgehead atoms. The quantitative estimate of drug-likeness (QED) is 0.854. The molecular weight excluding hydrogens is 318 g/mol. The van der Waals surface area contributed by atoms with Crippen molar-refractivity contribution in [3.05, 3.63) is 54.2 Å². The first-order valence-corrected chi connectivity index (χ1v) is 8.27. The number of amides is 2. The number of anilines is 1. The Balaban J connectivity index is 1.73. The summed E-state index contributed by atoms with van der Waals surface area (Å²) in [7, 11) is 1.69. The number of benzene rings is 1. The summed E-state index contributed by atoms with van der Waals surface area (Å²) in [5.41, 5.74) is 0.167. The van der Waals surface area contributed by atoms with Gasteiger partial charge in [-0.2, -0.15) is 0 Å². The van der Waals surface area contributed by atoms with Gasteiger partial charge in [-0.1, -0.05) is 24.3 Å². The number of hydrogen-bond acceptors (Lipinski definition) is 4. The van der Waals surface area contributed by atoms with Crippen molar-refractivity contribution in [2.24, 2.45) is 5.92 Å². The fourth-order valence-electron chi connectivity index (χ4n) is 3.73. The third-order valence-corrected chi connectivity index (χ3v) is 5.15. The van der Waals surface area contributed by atoms with E-state index in [9.17, 15) is 9.59 Å². The number of pyridine rings is 1. The largest absolute Gasteiger partial charge is 0.468 e. The first-order chi connectivity index (χ1) is 12.0. The summed E-state index contributed by atoms with van der Waals surface area (Å²) in [6.45, 7) is 1.89. The van der Waals surface area contributed by atoms with Crippen molar-refractivity contribution < 1.29 is 14.3 Å². The van der Waals surface area contributed by atoms with E-state index in [2.05, 4.69) is 10.3 Å². The summed E-state index contributed by atoms with van der Waals surface area (Å²) in [5.74, 6) is -0.415. The molecule has 1 fully saturated rings. The predicted molar refractivity (Wildman–Crippen MR) is 92.0 cm³/mol. The average Bonchev–Trinajstić information content (AvgIpc) is 2.61. The van der Waals surface area contributed by atoms with E-state index in [1.807, 2.05) is 31.2 Å². The van der Waals surface area contributed by atoms with Crippen LogP contribution in [0.25, 0.3) is 0 Å². The molecule has 1 aromatic carbocycles. The molecule has 3 atom stereocenters. The Bertz CT molecular complexity index is 839. The number of piperidine rings is 1. The van der Waals surface area contributed by atoms with Crippen molar-refractivity contribution in [1.29, 1.82) is 0 Å². The average molecular weight is 337 g/mol. The van der Waals surface area contributed by atoms with Gasteiger partial charge in [-0.05, 0) is 30.7 Å². The molecule has 2 unspecified atom stereocenters. The lowest BCUT2D eigenvalue weighted by atomic mass is 9.73. The van der Waals surface area contributed by atoms with E-state index in [4.69, 9.17) is 4.74 Å². The van der Waals surface area contributed by atoms with Gasteiger partial charge in [0.15, 0.2) is 5.72 Å². The van der Waals surface area contributed by atoms with Gasteiger partial charge in [0.05, 0.1) is 0 Å². The standard InChI is InChI=1S/C19H19N3O3/c1-19-11-13(12-7-3-4-8-14(12)25-19)16(18(24)22(19)2)17(23)21-15-9-5-6-10-20-15/h3-10,13,16H,11H2,1-2H3,(H,20,21,23)/t13?,16?,19-/m1/s1. The smallest absolute Gasteiger partial charge is 0.238 e. The van der Waals surface area contributed by atoms with Crippen molar-refractivity contribution in [2.75, 3.05) is 12.4 Å². The van der Waals surface area contributed by atoms with Gasteiger partial charge in [-0.25, -0.2) is 4.98 Å². The van der Waals surface area contributed by atoms with Crippen molar-refractivity contribution in [3.8, 4) is 5.75 Å². The number of ether oxygens (including phenoxy) is 1. The fourth-order valence-corrected chi connectivity index (χ4v) is 3.73. The Labute approximate surface area is 145 Å². The third-order valence-electron chi connectivity index (χ3n) is 5.15. The summed E-state index contributed by atoms with van der Waals surface area (Å²) in [6, 6.07) is 12.9. The van der Waals surface area contributed by atoms with E-state index in [0.717, 1.165) is 11.3 Å². The lowest BCUT2D eigenvalue weighted by Gasteiger charge is -2.51. The molecule has 128 valence electrons. The minimum Gasteiger partial charge on any atom is -0.468 e. The molecule has 2 aliphatic heterocycles. The minimum absolute atomic E-state index is 0.220. The van der Waals surface area contributed by atoms with E-state index < -0.39 is 11.6 Å². The summed E-state index contributed by atoms with van der Waals surface area (Å²) in [4.78, 5) is 31.5. The number of hydrogen-bond donors (Lipinski definition) is 1. The summed E-state index contributed by atoms with van der Waals surface area (Å²) in [6.07, 6.45) is 2.18. The minimum atomic E-state index is -0.801. The molecule has 0 aliphatic carbocycles. The molecule has 2 aliphatic rings. The van der Waals surface area contributed by atoms with Gasteiger partial charge in [-0.3, -0.25) is 9.59 Å². The zero-order chi connectivity index (χ0) is 17.6. The molecule has 1 N–H and O–H groups in total. The Morgan fingerprint density at radius 2 is 2.04 bits per heavy atom. The number of aromatic nitrogens is 1. The van der Waals surface area contributed by atoms with Crippen molar-refractivity contribution in [3.63, 3.8) is 0 Å². The van der Waals surface area contributed by atoms with Gasteiger partial charge in [0.25, 0.3) is 0 Å². The molecular formula is C19H19N3O3. The van der Waals surface area contributed by atoms with Crippen LogP contribution in [0.4, 0.5) is 5.82 Å². The van der Waals surface area contributed by atoms with Crippen LogP contribution in [0.1, 0.15) is 24.8 Å². The van der Waals surface area contributed by atoms with Crippen LogP contribution in [0.3, 0.4) is 0 Å². The van der Waals surface area contributed by atoms with E-state index in [1.54, 1.807) is 36.3 Å². The topological polar surface area (TPSA) is 71.5 Å². The number of likely N-dealkylation sites (tertiary alicyclic amines) is 1. The molecule has 1 aromatic heterocycles. The van der Waals surface area contributed by atoms with Gasteiger partial charge in [0, 0.05) is 25.6 Å². The Morgan fingerprint density at radius 1 is 1.28 bits per heavy atom. The lowest BCUT2D eigenvalue weighted by Crippen LogP contribution is -2.62. The molecule has 25 heavy (non-hydrogen) atoms. The van der Waals surface area contributed by atoms with Crippen LogP contribution in [0.5, 0.6) is 5.75 Å². The third kappa shape index (κ3) is 2.45. The van der Waals surface area contributed by atoms with E-state index >= 15 is 0 Å². The van der Waals surface area contributed by atoms with E-state index in [1.165, 1.54) is 0 Å². The second-order valence-electron chi connectivity index (χ2n) is 6.70. The molecule has 3 heterocycles. The van der Waals surface area contributed by atoms with Crippen LogP contribution in [-0.4, -0.2) is 34.5 Å². The first-order valence-electron chi connectivity index (χ1n) is 8.27. The maximum atomic E-state index is 13.0. The molecule has 0 spiro atoms. The number of fused-ring (bicyclic) bond motifs is 4. The molecule has 0 saturated carbocycles. The molecule has 4 rings (SSSR count). The Hall–Kier alpha value is -2.89. The predicted octanol–water partition coefficient (Wildman–Crippen LogP) is 2.39. The zero-order valence-corrected chi connectivity index (χ0v) is 14.1. The van der Waals surface area contributed by atoms with Crippen LogP contribution < -0.4 is 10.1 Å². The summed E-state index contributed by atoms with van der Waals surface area (Å²) >= 11 is 0. The highest BCUT2D eigenvalue weighted by Crippen LogP contribution is 2.49. The van der Waals surface area contributed by atoms with Gasteiger partial charge in [0.2, 0.25) is 11.8 Å². The molecule has 0 radical (unpaired) electrons. The molecule has 2 aromatic rings. The maximum absolute atomic E-state index is 13.0. The first kappa shape index (κ1) is 15.6. The second-order valence-corrected chi connectivity index (χ2v) is 6.70. The Kier molecular flexibility index (Phi) is 3.49.